The quantitative estimate of drug-likeness (QED) is 0.706. The standard InChI is InChI=1S/C20H22N4O5S/c1-3-4-7-23-19(27)17(18(26)21-20(23)30)13-9-14(24(22-13)11(2)25)12-5-6-15-16(8-12)29-10-28-15/h5-6,8,14,27H,3-4,7,9-10H2,1-2H3,(H,21,26,30)/t14-/m0/s1. The molecule has 2 aromatic rings. The van der Waals surface area contributed by atoms with E-state index in [4.69, 9.17) is 21.7 Å². The van der Waals surface area contributed by atoms with E-state index >= 15 is 0 Å². The van der Waals surface area contributed by atoms with Crippen molar-refractivity contribution in [2.24, 2.45) is 5.10 Å². The van der Waals surface area contributed by atoms with Crippen LogP contribution in [0.2, 0.25) is 0 Å². The van der Waals surface area contributed by atoms with Crippen molar-refractivity contribution in [1.82, 2.24) is 14.6 Å². The van der Waals surface area contributed by atoms with Gasteiger partial charge < -0.3 is 14.6 Å². The zero-order valence-corrected chi connectivity index (χ0v) is 17.5. The lowest BCUT2D eigenvalue weighted by Gasteiger charge is -2.20. The average molecular weight is 430 g/mol. The fourth-order valence-corrected chi connectivity index (χ4v) is 3.95. The van der Waals surface area contributed by atoms with Crippen molar-refractivity contribution in [3.63, 3.8) is 0 Å². The topological polar surface area (TPSA) is 109 Å². The summed E-state index contributed by atoms with van der Waals surface area (Å²) in [6.07, 6.45) is 1.96. The molecule has 2 N–H and O–H groups in total. The van der Waals surface area contributed by atoms with Crippen LogP contribution in [0.5, 0.6) is 17.4 Å². The fourth-order valence-electron chi connectivity index (χ4n) is 3.68. The summed E-state index contributed by atoms with van der Waals surface area (Å²) in [5, 5.41) is 16.5. The Labute approximate surface area is 177 Å². The van der Waals surface area contributed by atoms with E-state index in [1.165, 1.54) is 16.5 Å². The van der Waals surface area contributed by atoms with Gasteiger partial charge in [0.1, 0.15) is 5.56 Å². The minimum absolute atomic E-state index is 0.0363. The lowest BCUT2D eigenvalue weighted by Crippen LogP contribution is -2.24. The Balaban J connectivity index is 1.74. The van der Waals surface area contributed by atoms with Crippen LogP contribution in [0, 0.1) is 4.77 Å². The number of hydrazone groups is 1. The molecule has 10 heteroatoms. The van der Waals surface area contributed by atoms with Gasteiger partial charge in [0.15, 0.2) is 16.3 Å². The van der Waals surface area contributed by atoms with Crippen molar-refractivity contribution in [1.29, 1.82) is 0 Å². The summed E-state index contributed by atoms with van der Waals surface area (Å²) in [6.45, 7) is 4.05. The summed E-state index contributed by atoms with van der Waals surface area (Å²) < 4.78 is 12.4. The molecular formula is C20H22N4O5S. The maximum absolute atomic E-state index is 12.6. The van der Waals surface area contributed by atoms with Crippen LogP contribution in [0.1, 0.15) is 50.3 Å². The van der Waals surface area contributed by atoms with Gasteiger partial charge in [-0.15, -0.1) is 0 Å². The maximum Gasteiger partial charge on any atom is 0.264 e. The highest BCUT2D eigenvalue weighted by Gasteiger charge is 2.35. The number of H-pyrrole nitrogens is 1. The number of fused-ring (bicyclic) bond motifs is 1. The second-order valence-electron chi connectivity index (χ2n) is 7.21. The molecule has 0 bridgehead atoms. The maximum atomic E-state index is 12.6. The summed E-state index contributed by atoms with van der Waals surface area (Å²) in [4.78, 5) is 27.5. The van der Waals surface area contributed by atoms with Gasteiger partial charge in [-0.3, -0.25) is 19.1 Å². The number of nitrogens with one attached hydrogen (secondary N) is 1. The van der Waals surface area contributed by atoms with Crippen LogP contribution in [-0.2, 0) is 11.3 Å². The number of rotatable bonds is 5. The van der Waals surface area contributed by atoms with Crippen molar-refractivity contribution >= 4 is 23.8 Å². The van der Waals surface area contributed by atoms with Gasteiger partial charge >= 0.3 is 0 Å². The third-order valence-corrected chi connectivity index (χ3v) is 5.53. The Morgan fingerprint density at radius 2 is 2.13 bits per heavy atom. The van der Waals surface area contributed by atoms with Crippen LogP contribution < -0.4 is 15.0 Å². The number of carbonyl (C=O) groups excluding carboxylic acids is 1. The lowest BCUT2D eigenvalue weighted by molar-refractivity contribution is -0.130. The molecule has 1 atom stereocenters. The van der Waals surface area contributed by atoms with Gasteiger partial charge in [-0.25, -0.2) is 5.01 Å². The molecule has 0 saturated carbocycles. The van der Waals surface area contributed by atoms with Gasteiger partial charge in [0, 0.05) is 19.9 Å². The molecule has 3 heterocycles. The fraction of sp³-hybridized carbons (Fsp3) is 0.400. The van der Waals surface area contributed by atoms with Crippen LogP contribution in [0.25, 0.3) is 0 Å². The third kappa shape index (κ3) is 3.47. The Morgan fingerprint density at radius 1 is 1.37 bits per heavy atom. The highest BCUT2D eigenvalue weighted by molar-refractivity contribution is 7.71. The number of aromatic hydroxyl groups is 1. The molecule has 1 amide bonds. The first-order valence-electron chi connectivity index (χ1n) is 9.74. The van der Waals surface area contributed by atoms with Crippen LogP contribution in [0.4, 0.5) is 0 Å². The minimum Gasteiger partial charge on any atom is -0.494 e. The molecule has 2 aliphatic heterocycles. The number of aromatic amines is 1. The predicted molar refractivity (Wildman–Crippen MR) is 111 cm³/mol. The van der Waals surface area contributed by atoms with Crippen LogP contribution in [0.15, 0.2) is 28.1 Å². The van der Waals surface area contributed by atoms with E-state index in [-0.39, 0.29) is 35.3 Å². The van der Waals surface area contributed by atoms with Crippen molar-refractivity contribution in [2.45, 2.75) is 45.7 Å². The Kier molecular flexibility index (Phi) is 5.33. The Hall–Kier alpha value is -3.14. The number of benzene rings is 1. The lowest BCUT2D eigenvalue weighted by atomic mass is 9.98. The van der Waals surface area contributed by atoms with E-state index in [0.29, 0.717) is 23.8 Å². The van der Waals surface area contributed by atoms with Crippen LogP contribution in [0.3, 0.4) is 0 Å². The van der Waals surface area contributed by atoms with E-state index < -0.39 is 11.6 Å². The van der Waals surface area contributed by atoms with Gasteiger partial charge in [0.2, 0.25) is 18.6 Å². The molecule has 0 radical (unpaired) electrons. The molecule has 2 aliphatic rings. The molecule has 0 spiro atoms. The van der Waals surface area contributed by atoms with Crippen molar-refractivity contribution < 1.29 is 19.4 Å². The van der Waals surface area contributed by atoms with Crippen LogP contribution in [-0.4, -0.2) is 38.1 Å². The molecule has 1 aromatic heterocycles. The first-order valence-corrected chi connectivity index (χ1v) is 10.1. The number of hydrogen-bond acceptors (Lipinski definition) is 7. The molecule has 1 aromatic carbocycles. The van der Waals surface area contributed by atoms with Gasteiger partial charge in [-0.05, 0) is 36.3 Å². The molecule has 9 nitrogen and oxygen atoms in total. The highest BCUT2D eigenvalue weighted by atomic mass is 32.1. The number of amides is 1. The Bertz CT molecular complexity index is 1150. The number of unbranched alkanes of at least 4 members (excludes halogenated alkanes) is 1. The molecule has 30 heavy (non-hydrogen) atoms. The van der Waals surface area contributed by atoms with Crippen molar-refractivity contribution in [3.8, 4) is 17.4 Å². The van der Waals surface area contributed by atoms with E-state index in [9.17, 15) is 14.7 Å². The molecule has 158 valence electrons. The third-order valence-electron chi connectivity index (χ3n) is 5.21. The molecule has 0 aliphatic carbocycles. The number of nitrogens with zero attached hydrogens (tertiary/aromatic N) is 3. The molecule has 0 fully saturated rings. The summed E-state index contributed by atoms with van der Waals surface area (Å²) in [6, 6.07) is 4.99. The van der Waals surface area contributed by atoms with E-state index in [1.54, 1.807) is 12.1 Å². The normalized spacial score (nSPS) is 17.3. The van der Waals surface area contributed by atoms with Crippen molar-refractivity contribution in [3.05, 3.63) is 44.5 Å². The highest BCUT2D eigenvalue weighted by Crippen LogP contribution is 2.39. The molecular weight excluding hydrogens is 408 g/mol. The van der Waals surface area contributed by atoms with Gasteiger partial charge in [0.05, 0.1) is 11.8 Å². The predicted octanol–water partition coefficient (Wildman–Crippen LogP) is 2.84. The van der Waals surface area contributed by atoms with E-state index in [1.807, 2.05) is 13.0 Å². The first-order chi connectivity index (χ1) is 14.4. The number of aromatic nitrogens is 2. The second kappa shape index (κ2) is 7.94. The summed E-state index contributed by atoms with van der Waals surface area (Å²) in [5.41, 5.74) is 0.628. The number of hydrogen-bond donors (Lipinski definition) is 2. The van der Waals surface area contributed by atoms with Gasteiger partial charge in [-0.2, -0.15) is 5.10 Å². The Morgan fingerprint density at radius 3 is 2.87 bits per heavy atom. The van der Waals surface area contributed by atoms with Crippen LogP contribution >= 0.6 is 12.2 Å². The van der Waals surface area contributed by atoms with E-state index in [2.05, 4.69) is 10.1 Å². The summed E-state index contributed by atoms with van der Waals surface area (Å²) in [5.74, 6) is 0.727. The zero-order valence-electron chi connectivity index (χ0n) is 16.7. The SMILES string of the molecule is CCCCn1c(O)c(C2=NN(C(C)=O)[C@H](c3ccc4c(c3)OCO4)C2)c(=O)[nH]c1=S. The second-order valence-corrected chi connectivity index (χ2v) is 7.59. The zero-order chi connectivity index (χ0) is 21.4. The smallest absolute Gasteiger partial charge is 0.264 e. The number of carbonyl (C=O) groups is 1. The van der Waals surface area contributed by atoms with Crippen molar-refractivity contribution in [2.75, 3.05) is 6.79 Å². The van der Waals surface area contributed by atoms with Gasteiger partial charge in [0.25, 0.3) is 5.56 Å². The molecule has 0 unspecified atom stereocenters. The summed E-state index contributed by atoms with van der Waals surface area (Å²) >= 11 is 5.20. The van der Waals surface area contributed by atoms with E-state index in [0.717, 1.165) is 18.4 Å². The molecule has 0 saturated heterocycles. The molecule has 4 rings (SSSR count). The van der Waals surface area contributed by atoms with Gasteiger partial charge in [-0.1, -0.05) is 19.4 Å². The monoisotopic (exact) mass is 430 g/mol. The number of ether oxygens (including phenoxy) is 2. The summed E-state index contributed by atoms with van der Waals surface area (Å²) in [7, 11) is 0. The largest absolute Gasteiger partial charge is 0.494 e. The average Bonchev–Trinajstić information content (AvgIpc) is 3.34. The first kappa shape index (κ1) is 20.1. The minimum atomic E-state index is -0.529.